The topological polar surface area (TPSA) is 87.5 Å². The van der Waals surface area contributed by atoms with Gasteiger partial charge >= 0.3 is 0 Å². The van der Waals surface area contributed by atoms with Gasteiger partial charge in [-0.2, -0.15) is 4.99 Å². The van der Waals surface area contributed by atoms with Crippen LogP contribution in [0, 0.1) is 11.2 Å². The molecule has 5 heterocycles. The number of anilines is 1. The number of likely N-dealkylation sites (tertiary alicyclic amines) is 1. The minimum Gasteiger partial charge on any atom is -0.354 e. The van der Waals surface area contributed by atoms with E-state index in [0.29, 0.717) is 11.9 Å². The number of nitrogens with one attached hydrogen (secondary N) is 2. The maximum absolute atomic E-state index is 13.7. The summed E-state index contributed by atoms with van der Waals surface area (Å²) in [6.07, 6.45) is 7.44. The monoisotopic (exact) mass is 501 g/mol. The Morgan fingerprint density at radius 1 is 1.08 bits per heavy atom. The summed E-state index contributed by atoms with van der Waals surface area (Å²) in [7, 11) is 0. The molecule has 3 saturated heterocycles. The Bertz CT molecular complexity index is 1240. The lowest BCUT2D eigenvalue weighted by atomic mass is 10.0. The fraction of sp³-hybridized carbons (Fsp3) is 0.393. The third-order valence-electron chi connectivity index (χ3n) is 7.81. The quantitative estimate of drug-likeness (QED) is 0.416. The molecule has 4 N–H and O–H groups in total. The second-order valence-electron chi connectivity index (χ2n) is 10.1. The molecule has 1 aromatic heterocycles. The Labute approximate surface area is 217 Å². The van der Waals surface area contributed by atoms with E-state index in [1.807, 2.05) is 34.6 Å². The number of aromatic nitrogens is 1. The summed E-state index contributed by atoms with van der Waals surface area (Å²) in [5, 5.41) is 14.0. The molecule has 8 nitrogen and oxygen atoms in total. The van der Waals surface area contributed by atoms with E-state index in [2.05, 4.69) is 32.2 Å². The van der Waals surface area contributed by atoms with Gasteiger partial charge in [-0.1, -0.05) is 18.2 Å². The van der Waals surface area contributed by atoms with Crippen molar-refractivity contribution in [2.75, 3.05) is 50.7 Å². The smallest absolute Gasteiger partial charge is 0.229 e. The van der Waals surface area contributed by atoms with Gasteiger partial charge in [0.2, 0.25) is 5.84 Å². The van der Waals surface area contributed by atoms with E-state index in [4.69, 9.17) is 10.4 Å². The van der Waals surface area contributed by atoms with Crippen LogP contribution in [0.4, 0.5) is 10.2 Å². The summed E-state index contributed by atoms with van der Waals surface area (Å²) in [5.41, 5.74) is 2.82. The number of hydrogen-bond donors (Lipinski definition) is 3. The molecule has 0 spiro atoms. The zero-order chi connectivity index (χ0) is 25.2. The minimum atomic E-state index is -0.230. The summed E-state index contributed by atoms with van der Waals surface area (Å²) in [6, 6.07) is 13.7. The molecular weight excluding hydrogens is 467 g/mol. The van der Waals surface area contributed by atoms with Crippen molar-refractivity contribution in [2.24, 2.45) is 4.99 Å². The van der Waals surface area contributed by atoms with Gasteiger partial charge in [-0.25, -0.2) is 9.37 Å². The Hall–Kier alpha value is -3.40. The summed E-state index contributed by atoms with van der Waals surface area (Å²) >= 11 is 0. The zero-order valence-corrected chi connectivity index (χ0v) is 21.0. The lowest BCUT2D eigenvalue weighted by Gasteiger charge is -2.43. The van der Waals surface area contributed by atoms with Crippen LogP contribution in [0.5, 0.6) is 0 Å². The van der Waals surface area contributed by atoms with E-state index in [1.54, 1.807) is 18.2 Å². The molecule has 6 rings (SSSR count). The van der Waals surface area contributed by atoms with Crippen LogP contribution in [-0.2, 0) is 0 Å². The first-order valence-corrected chi connectivity index (χ1v) is 13.2. The van der Waals surface area contributed by atoms with E-state index < -0.39 is 0 Å². The Kier molecular flexibility index (Phi) is 6.82. The van der Waals surface area contributed by atoms with E-state index >= 15 is 0 Å². The minimum absolute atomic E-state index is 0.0372. The summed E-state index contributed by atoms with van der Waals surface area (Å²) in [5.74, 6) is 2.01. The first-order valence-electron chi connectivity index (χ1n) is 13.2. The van der Waals surface area contributed by atoms with Crippen molar-refractivity contribution in [3.05, 3.63) is 77.9 Å². The highest BCUT2D eigenvalue weighted by Crippen LogP contribution is 2.32. The van der Waals surface area contributed by atoms with Gasteiger partial charge < -0.3 is 15.1 Å². The average molecular weight is 502 g/mol. The fourth-order valence-electron chi connectivity index (χ4n) is 5.59. The predicted octanol–water partition coefficient (Wildman–Crippen LogP) is 1.96. The van der Waals surface area contributed by atoms with Crippen molar-refractivity contribution in [1.29, 1.82) is 5.41 Å². The van der Waals surface area contributed by atoms with Crippen molar-refractivity contribution in [3.8, 4) is 0 Å². The Morgan fingerprint density at radius 2 is 1.92 bits per heavy atom. The van der Waals surface area contributed by atoms with Crippen LogP contribution < -0.4 is 15.5 Å². The number of benzene rings is 1. The number of nitrogens with two attached hydrogens (primary N) is 1. The third kappa shape index (κ3) is 5.20. The molecule has 1 aromatic carbocycles. The van der Waals surface area contributed by atoms with E-state index in [-0.39, 0.29) is 11.9 Å². The molecule has 3 fully saturated rings. The average Bonchev–Trinajstić information content (AvgIpc) is 3.57. The first-order chi connectivity index (χ1) is 18.1. The van der Waals surface area contributed by atoms with Crippen molar-refractivity contribution in [3.63, 3.8) is 0 Å². The van der Waals surface area contributed by atoms with Gasteiger partial charge in [0, 0.05) is 57.9 Å². The van der Waals surface area contributed by atoms with Gasteiger partial charge in [-0.05, 0) is 48.7 Å². The molecule has 2 aromatic rings. The molecule has 4 aliphatic heterocycles. The van der Waals surface area contributed by atoms with Crippen LogP contribution in [0.25, 0.3) is 5.70 Å². The second-order valence-corrected chi connectivity index (χ2v) is 10.1. The molecule has 192 valence electrons. The number of rotatable bonds is 6. The standard InChI is InChI=1S/C28H33FN8/c29-21-5-1-4-20(16-21)25-7-3-11-37(25)26(30)9-10-27-32-19-24(33-27)23-6-2-8-28(34-23)36-14-12-35(13-15-36)22-17-31-18-22/h1-2,4-6,8-10,16,19,22,25,30-31H,3,7,11-15,17-18H2,(H,32,33)/p+1. The molecular formula is C28H34FN8+. The molecule has 0 saturated carbocycles. The lowest BCUT2D eigenvalue weighted by Crippen LogP contribution is -2.83. The van der Waals surface area contributed by atoms with Gasteiger partial charge in [-0.15, -0.1) is 0 Å². The van der Waals surface area contributed by atoms with Crippen molar-refractivity contribution in [2.45, 2.75) is 24.9 Å². The van der Waals surface area contributed by atoms with Gasteiger partial charge in [-0.3, -0.25) is 15.6 Å². The van der Waals surface area contributed by atoms with Gasteiger partial charge in [0.05, 0.1) is 12.2 Å². The molecule has 9 heteroatoms. The predicted molar refractivity (Wildman–Crippen MR) is 144 cm³/mol. The molecule has 37 heavy (non-hydrogen) atoms. The first kappa shape index (κ1) is 24.0. The van der Waals surface area contributed by atoms with Gasteiger partial charge in [0.25, 0.3) is 0 Å². The molecule has 4 aliphatic rings. The number of amidine groups is 2. The molecule has 0 aliphatic carbocycles. The van der Waals surface area contributed by atoms with Gasteiger partial charge in [0.1, 0.15) is 23.2 Å². The van der Waals surface area contributed by atoms with E-state index in [0.717, 1.165) is 87.3 Å². The molecule has 0 amide bonds. The van der Waals surface area contributed by atoms with Crippen molar-refractivity contribution >= 4 is 23.2 Å². The van der Waals surface area contributed by atoms with Gasteiger partial charge in [0.15, 0.2) is 5.70 Å². The van der Waals surface area contributed by atoms with Crippen LogP contribution in [0.15, 0.2) is 65.8 Å². The molecule has 1 atom stereocenters. The van der Waals surface area contributed by atoms with Crippen LogP contribution in [0.1, 0.15) is 30.1 Å². The van der Waals surface area contributed by atoms with E-state index in [1.165, 1.54) is 6.07 Å². The van der Waals surface area contributed by atoms with E-state index in [9.17, 15) is 4.39 Å². The largest absolute Gasteiger partial charge is 0.354 e. The highest BCUT2D eigenvalue weighted by molar-refractivity contribution is 5.99. The summed E-state index contributed by atoms with van der Waals surface area (Å²) in [6.45, 7) is 7.17. The maximum Gasteiger partial charge on any atom is 0.229 e. The molecule has 1 unspecified atom stereocenters. The van der Waals surface area contributed by atoms with Crippen LogP contribution in [0.2, 0.25) is 0 Å². The number of pyridine rings is 1. The van der Waals surface area contributed by atoms with Crippen LogP contribution in [-0.4, -0.2) is 78.3 Å². The van der Waals surface area contributed by atoms with Crippen LogP contribution >= 0.6 is 0 Å². The number of hydrogen-bond acceptors (Lipinski definition) is 6. The fourth-order valence-corrected chi connectivity index (χ4v) is 5.59. The van der Waals surface area contributed by atoms with Crippen molar-refractivity contribution in [1.82, 2.24) is 20.1 Å². The number of piperazine rings is 1. The molecule has 0 radical (unpaired) electrons. The Morgan fingerprint density at radius 3 is 2.70 bits per heavy atom. The highest BCUT2D eigenvalue weighted by atomic mass is 19.1. The maximum atomic E-state index is 13.7. The number of halogens is 1. The number of nitrogens with zero attached hydrogens (tertiary/aromatic N) is 5. The van der Waals surface area contributed by atoms with Crippen LogP contribution in [0.3, 0.4) is 0 Å². The third-order valence-corrected chi connectivity index (χ3v) is 7.81. The number of quaternary nitrogens is 1. The lowest BCUT2D eigenvalue weighted by molar-refractivity contribution is -0.428. The number of aliphatic imine (C=N–C) groups is 1. The highest BCUT2D eigenvalue weighted by Gasteiger charge is 2.29. The summed E-state index contributed by atoms with van der Waals surface area (Å²) < 4.78 is 13.7. The molecule has 0 bridgehead atoms. The normalized spacial score (nSPS) is 22.9. The van der Waals surface area contributed by atoms with Crippen molar-refractivity contribution < 1.29 is 9.71 Å². The summed E-state index contributed by atoms with van der Waals surface area (Å²) in [4.78, 5) is 16.5. The zero-order valence-electron chi connectivity index (χ0n) is 21.0. The second kappa shape index (κ2) is 10.5. The SMILES string of the molecule is N=C(C=CC1=NC=C(c2cccc(N3CCN(C4CNC4)CC3)n2)[NH2+]1)N1CCCC1c1cccc(F)c1. The Balaban J connectivity index is 1.05.